The van der Waals surface area contributed by atoms with Crippen LogP contribution in [0.5, 0.6) is 0 Å². The zero-order valence-electron chi connectivity index (χ0n) is 16.1. The van der Waals surface area contributed by atoms with Crippen molar-refractivity contribution in [2.75, 3.05) is 7.05 Å². The molecule has 146 valence electrons. The summed E-state index contributed by atoms with van der Waals surface area (Å²) in [4.78, 5) is 29.4. The minimum Gasteiger partial charge on any atom is -0.322 e. The molecule has 0 aromatic heterocycles. The van der Waals surface area contributed by atoms with Gasteiger partial charge in [-0.1, -0.05) is 73.9 Å². The van der Waals surface area contributed by atoms with Gasteiger partial charge in [-0.3, -0.25) is 4.79 Å². The Morgan fingerprint density at radius 3 is 2.29 bits per heavy atom. The maximum absolute atomic E-state index is 12.3. The van der Waals surface area contributed by atoms with Gasteiger partial charge in [0, 0.05) is 30.9 Å². The Kier molecular flexibility index (Phi) is 6.84. The Bertz CT molecular complexity index is 810. The Morgan fingerprint density at radius 2 is 1.61 bits per heavy atom. The molecule has 5 heteroatoms. The Labute approximate surface area is 166 Å². The van der Waals surface area contributed by atoms with Crippen LogP contribution in [0.1, 0.15) is 42.5 Å². The van der Waals surface area contributed by atoms with Gasteiger partial charge in [-0.05, 0) is 24.0 Å². The molecule has 0 heterocycles. The molecule has 3 rings (SSSR count). The maximum atomic E-state index is 12.3. The molecule has 2 aromatic carbocycles. The molecule has 0 aliphatic heterocycles. The first-order chi connectivity index (χ1) is 13.6. The van der Waals surface area contributed by atoms with Crippen LogP contribution in [0, 0.1) is 0 Å². The van der Waals surface area contributed by atoms with Gasteiger partial charge < -0.3 is 10.2 Å². The molecule has 0 atom stereocenters. The third-order valence-corrected chi connectivity index (χ3v) is 4.87. The molecule has 1 amide bonds. The molecule has 0 bridgehead atoms. The number of hydrogen-bond acceptors (Lipinski definition) is 4. The number of rotatable bonds is 6. The highest BCUT2D eigenvalue weighted by Gasteiger charge is 2.17. The highest BCUT2D eigenvalue weighted by Crippen LogP contribution is 2.20. The summed E-state index contributed by atoms with van der Waals surface area (Å²) in [6, 6.07) is 17.6. The number of nitrogens with zero attached hydrogens (tertiary/aromatic N) is 1. The minimum atomic E-state index is -0.487. The number of allylic oxidation sites excluding steroid dienone is 1. The topological polar surface area (TPSA) is 58.6 Å². The van der Waals surface area contributed by atoms with Crippen LogP contribution in [0.4, 0.5) is 4.79 Å². The number of amides is 1. The van der Waals surface area contributed by atoms with Crippen LogP contribution in [0.2, 0.25) is 0 Å². The molecule has 0 saturated heterocycles. The largest absolute Gasteiger partial charge is 0.431 e. The lowest BCUT2D eigenvalue weighted by Crippen LogP contribution is -2.38. The third kappa shape index (κ3) is 5.71. The average Bonchev–Trinajstić information content (AvgIpc) is 2.73. The van der Waals surface area contributed by atoms with Crippen LogP contribution in [-0.2, 0) is 4.84 Å². The summed E-state index contributed by atoms with van der Waals surface area (Å²) in [5.74, 6) is -0.150. The van der Waals surface area contributed by atoms with Crippen LogP contribution >= 0.6 is 0 Å². The van der Waals surface area contributed by atoms with Crippen molar-refractivity contribution in [1.82, 2.24) is 10.4 Å². The number of carbonyl (C=O) groups is 2. The van der Waals surface area contributed by atoms with E-state index in [0.717, 1.165) is 36.8 Å². The van der Waals surface area contributed by atoms with E-state index >= 15 is 0 Å². The van der Waals surface area contributed by atoms with Gasteiger partial charge in [-0.2, -0.15) is 0 Å². The van der Waals surface area contributed by atoms with Crippen molar-refractivity contribution in [3.05, 3.63) is 72.4 Å². The summed E-state index contributed by atoms with van der Waals surface area (Å²) >= 11 is 0. The number of ketones is 1. The van der Waals surface area contributed by atoms with E-state index in [0.29, 0.717) is 5.56 Å². The van der Waals surface area contributed by atoms with Gasteiger partial charge in [-0.15, -0.1) is 0 Å². The molecule has 0 spiro atoms. The average molecular weight is 378 g/mol. The van der Waals surface area contributed by atoms with E-state index in [9.17, 15) is 9.59 Å². The van der Waals surface area contributed by atoms with Gasteiger partial charge in [0.15, 0.2) is 5.78 Å². The van der Waals surface area contributed by atoms with E-state index in [1.807, 2.05) is 42.5 Å². The third-order valence-electron chi connectivity index (χ3n) is 4.87. The lowest BCUT2D eigenvalue weighted by Gasteiger charge is -2.23. The van der Waals surface area contributed by atoms with E-state index in [2.05, 4.69) is 5.32 Å². The first kappa shape index (κ1) is 19.7. The minimum absolute atomic E-state index is 0.150. The Balaban J connectivity index is 1.50. The van der Waals surface area contributed by atoms with E-state index in [-0.39, 0.29) is 11.8 Å². The smallest absolute Gasteiger partial charge is 0.322 e. The highest BCUT2D eigenvalue weighted by atomic mass is 16.7. The fourth-order valence-electron chi connectivity index (χ4n) is 3.33. The summed E-state index contributed by atoms with van der Waals surface area (Å²) < 4.78 is 0. The lowest BCUT2D eigenvalue weighted by molar-refractivity contribution is -0.0370. The highest BCUT2D eigenvalue weighted by molar-refractivity contribution is 6.04. The van der Waals surface area contributed by atoms with E-state index < -0.39 is 6.09 Å². The molecule has 2 aromatic rings. The van der Waals surface area contributed by atoms with Gasteiger partial charge in [0.2, 0.25) is 0 Å². The molecule has 1 aliphatic rings. The van der Waals surface area contributed by atoms with Crippen LogP contribution < -0.4 is 5.32 Å². The fourth-order valence-corrected chi connectivity index (χ4v) is 3.33. The molecule has 0 radical (unpaired) electrons. The molecular formula is C23H26N2O3. The van der Waals surface area contributed by atoms with Crippen LogP contribution in [0.25, 0.3) is 11.1 Å². The summed E-state index contributed by atoms with van der Waals surface area (Å²) in [6.45, 7) is 0. The van der Waals surface area contributed by atoms with Gasteiger partial charge in [-0.25, -0.2) is 9.86 Å². The molecule has 1 saturated carbocycles. The number of carbonyl (C=O) groups excluding carboxylic acids is 2. The van der Waals surface area contributed by atoms with E-state index in [1.165, 1.54) is 23.8 Å². The van der Waals surface area contributed by atoms with E-state index in [1.54, 1.807) is 19.2 Å². The van der Waals surface area contributed by atoms with Crippen LogP contribution in [0.15, 0.2) is 66.9 Å². The predicted molar refractivity (Wildman–Crippen MR) is 110 cm³/mol. The molecular weight excluding hydrogens is 352 g/mol. The summed E-state index contributed by atoms with van der Waals surface area (Å²) in [5.41, 5.74) is 2.74. The first-order valence-electron chi connectivity index (χ1n) is 9.71. The fraction of sp³-hybridized carbons (Fsp3) is 0.304. The maximum Gasteiger partial charge on any atom is 0.431 e. The van der Waals surface area contributed by atoms with Crippen molar-refractivity contribution in [2.45, 2.75) is 38.1 Å². The molecule has 1 aliphatic carbocycles. The van der Waals surface area contributed by atoms with Gasteiger partial charge >= 0.3 is 6.09 Å². The standard InChI is InChI=1S/C23H26N2O3/c1-25(28-23(27)24-21-10-6-3-7-11-21)17-16-22(26)20-14-12-19(13-15-20)18-8-4-2-5-9-18/h2,4-5,8-9,12-17,21H,3,6-7,10-11H2,1H3,(H,24,27). The molecule has 1 N–H and O–H groups in total. The second kappa shape index (κ2) is 9.74. The van der Waals surface area contributed by atoms with Gasteiger partial charge in [0.1, 0.15) is 0 Å². The Morgan fingerprint density at radius 1 is 0.964 bits per heavy atom. The summed E-state index contributed by atoms with van der Waals surface area (Å²) in [7, 11) is 1.59. The van der Waals surface area contributed by atoms with Crippen molar-refractivity contribution < 1.29 is 14.4 Å². The van der Waals surface area contributed by atoms with E-state index in [4.69, 9.17) is 4.84 Å². The van der Waals surface area contributed by atoms with Gasteiger partial charge in [0.25, 0.3) is 0 Å². The predicted octanol–water partition coefficient (Wildman–Crippen LogP) is 4.96. The number of hydroxylamine groups is 2. The van der Waals surface area contributed by atoms with Crippen molar-refractivity contribution in [3.8, 4) is 11.1 Å². The quantitative estimate of drug-likeness (QED) is 0.439. The van der Waals surface area contributed by atoms with Crippen molar-refractivity contribution in [3.63, 3.8) is 0 Å². The first-order valence-corrected chi connectivity index (χ1v) is 9.71. The Hall–Kier alpha value is -3.08. The zero-order valence-corrected chi connectivity index (χ0v) is 16.1. The molecule has 0 unspecified atom stereocenters. The lowest BCUT2D eigenvalue weighted by atomic mass is 9.96. The normalized spacial score (nSPS) is 14.6. The second-order valence-electron chi connectivity index (χ2n) is 7.03. The van der Waals surface area contributed by atoms with Crippen LogP contribution in [0.3, 0.4) is 0 Å². The van der Waals surface area contributed by atoms with Crippen molar-refractivity contribution in [2.24, 2.45) is 0 Å². The number of hydrogen-bond donors (Lipinski definition) is 1. The number of benzene rings is 2. The second-order valence-corrected chi connectivity index (χ2v) is 7.03. The summed E-state index contributed by atoms with van der Waals surface area (Å²) in [5, 5.41) is 4.11. The number of nitrogens with one attached hydrogen (secondary N) is 1. The monoisotopic (exact) mass is 378 g/mol. The van der Waals surface area contributed by atoms with Crippen LogP contribution in [-0.4, -0.2) is 30.0 Å². The molecule has 1 fully saturated rings. The SMILES string of the molecule is CN(C=CC(=O)c1ccc(-c2ccccc2)cc1)OC(=O)NC1CCCCC1. The molecule has 5 nitrogen and oxygen atoms in total. The van der Waals surface area contributed by atoms with Gasteiger partial charge in [0.05, 0.1) is 0 Å². The van der Waals surface area contributed by atoms with Crippen molar-refractivity contribution >= 4 is 11.9 Å². The zero-order chi connectivity index (χ0) is 19.8. The summed E-state index contributed by atoms with van der Waals surface area (Å²) in [6.07, 6.45) is 7.84. The van der Waals surface area contributed by atoms with Crippen molar-refractivity contribution in [1.29, 1.82) is 0 Å². The molecule has 28 heavy (non-hydrogen) atoms.